The third-order valence-electron chi connectivity index (χ3n) is 5.69. The van der Waals surface area contributed by atoms with Gasteiger partial charge in [0.05, 0.1) is 11.7 Å². The lowest BCUT2D eigenvalue weighted by Crippen LogP contribution is -2.24. The summed E-state index contributed by atoms with van der Waals surface area (Å²) in [5.41, 5.74) is 9.52. The molecule has 0 aliphatic heterocycles. The van der Waals surface area contributed by atoms with E-state index in [9.17, 15) is 9.18 Å². The van der Waals surface area contributed by atoms with Crippen molar-refractivity contribution in [2.45, 2.75) is 70.3 Å². The molecule has 2 aliphatic carbocycles. The summed E-state index contributed by atoms with van der Waals surface area (Å²) in [6.07, 6.45) is 11.6. The van der Waals surface area contributed by atoms with Crippen LogP contribution < -0.4 is 5.73 Å². The highest BCUT2D eigenvalue weighted by atomic mass is 19.1. The first-order valence-corrected chi connectivity index (χ1v) is 9.93. The third kappa shape index (κ3) is 4.80. The van der Waals surface area contributed by atoms with Gasteiger partial charge in [0, 0.05) is 11.6 Å². The van der Waals surface area contributed by atoms with Gasteiger partial charge in [0.1, 0.15) is 5.82 Å². The number of halogens is 1. The molecule has 2 saturated carbocycles. The Kier molecular flexibility index (Phi) is 6.59. The van der Waals surface area contributed by atoms with Crippen LogP contribution in [0.25, 0.3) is 0 Å². The van der Waals surface area contributed by atoms with Crippen LogP contribution in [0.1, 0.15) is 63.4 Å². The molecule has 0 aromatic heterocycles. The lowest BCUT2D eigenvalue weighted by Gasteiger charge is -2.24. The molecule has 2 fully saturated rings. The molecule has 0 bridgehead atoms. The molecule has 1 unspecified atom stereocenters. The first kappa shape index (κ1) is 18.8. The second-order valence-electron chi connectivity index (χ2n) is 7.63. The number of aldehydes is 1. The number of allylic oxidation sites excluding steroid dienone is 2. The molecule has 4 heteroatoms. The molecule has 140 valence electrons. The van der Waals surface area contributed by atoms with Crippen molar-refractivity contribution in [1.29, 1.82) is 0 Å². The molecule has 0 spiro atoms. The molecule has 0 amide bonds. The molecular weight excluding hydrogens is 327 g/mol. The zero-order valence-corrected chi connectivity index (χ0v) is 15.4. The van der Waals surface area contributed by atoms with Crippen LogP contribution in [0, 0.1) is 11.7 Å². The van der Waals surface area contributed by atoms with Crippen molar-refractivity contribution in [1.82, 2.24) is 0 Å². The van der Waals surface area contributed by atoms with E-state index in [1.165, 1.54) is 31.4 Å². The van der Waals surface area contributed by atoms with Gasteiger partial charge in [-0.25, -0.2) is 4.39 Å². The minimum Gasteiger partial charge on any atom is -0.396 e. The van der Waals surface area contributed by atoms with Crippen molar-refractivity contribution in [3.8, 4) is 0 Å². The van der Waals surface area contributed by atoms with E-state index in [0.717, 1.165) is 68.1 Å². The summed E-state index contributed by atoms with van der Waals surface area (Å²) < 4.78 is 13.2. The maximum absolute atomic E-state index is 13.2. The Hall–Kier alpha value is -1.97. The minimum absolute atomic E-state index is 0.212. The minimum atomic E-state index is -0.212. The van der Waals surface area contributed by atoms with E-state index in [-0.39, 0.29) is 11.7 Å². The van der Waals surface area contributed by atoms with Gasteiger partial charge in [-0.05, 0) is 61.8 Å². The van der Waals surface area contributed by atoms with Crippen molar-refractivity contribution < 1.29 is 9.18 Å². The number of carbonyl (C=O) groups is 1. The molecule has 3 rings (SSSR count). The summed E-state index contributed by atoms with van der Waals surface area (Å²) >= 11 is 0. The van der Waals surface area contributed by atoms with E-state index in [2.05, 4.69) is 0 Å². The zero-order chi connectivity index (χ0) is 18.4. The Labute approximate surface area is 155 Å². The van der Waals surface area contributed by atoms with Gasteiger partial charge in [0.25, 0.3) is 0 Å². The third-order valence-corrected chi connectivity index (χ3v) is 5.69. The topological polar surface area (TPSA) is 55.5 Å². The van der Waals surface area contributed by atoms with Crippen molar-refractivity contribution in [3.63, 3.8) is 0 Å². The van der Waals surface area contributed by atoms with Gasteiger partial charge in [-0.1, -0.05) is 37.8 Å². The monoisotopic (exact) mass is 356 g/mol. The van der Waals surface area contributed by atoms with Crippen molar-refractivity contribution in [3.05, 3.63) is 46.9 Å². The van der Waals surface area contributed by atoms with Gasteiger partial charge < -0.3 is 5.73 Å². The number of rotatable bonds is 4. The number of hydrogen-bond acceptors (Lipinski definition) is 3. The zero-order valence-electron chi connectivity index (χ0n) is 15.4. The number of aliphatic imine (C=N–C) groups is 1. The summed E-state index contributed by atoms with van der Waals surface area (Å²) in [6.45, 7) is 0. The molecule has 0 radical (unpaired) electrons. The summed E-state index contributed by atoms with van der Waals surface area (Å²) in [5, 5.41) is 0. The predicted molar refractivity (Wildman–Crippen MR) is 104 cm³/mol. The predicted octanol–water partition coefficient (Wildman–Crippen LogP) is 4.74. The quantitative estimate of drug-likeness (QED) is 0.481. The molecule has 0 saturated heterocycles. The first-order chi connectivity index (χ1) is 12.7. The summed E-state index contributed by atoms with van der Waals surface area (Å²) in [5.74, 6) is 0.0369. The molecule has 26 heavy (non-hydrogen) atoms. The van der Waals surface area contributed by atoms with Crippen LogP contribution in [0.3, 0.4) is 0 Å². The fraction of sp³-hybridized carbons (Fsp3) is 0.545. The van der Waals surface area contributed by atoms with Gasteiger partial charge in [-0.2, -0.15) is 0 Å². The van der Waals surface area contributed by atoms with E-state index in [1.54, 1.807) is 0 Å². The smallest absolute Gasteiger partial charge is 0.166 e. The highest BCUT2D eigenvalue weighted by Gasteiger charge is 2.26. The molecule has 2 aliphatic rings. The Morgan fingerprint density at radius 3 is 2.46 bits per heavy atom. The maximum Gasteiger partial charge on any atom is 0.166 e. The largest absolute Gasteiger partial charge is 0.396 e. The summed E-state index contributed by atoms with van der Waals surface area (Å²) in [4.78, 5) is 16.5. The Morgan fingerprint density at radius 2 is 1.77 bits per heavy atom. The van der Waals surface area contributed by atoms with Crippen LogP contribution in [-0.4, -0.2) is 18.0 Å². The van der Waals surface area contributed by atoms with Gasteiger partial charge in [-0.15, -0.1) is 0 Å². The van der Waals surface area contributed by atoms with Crippen molar-refractivity contribution in [2.24, 2.45) is 16.6 Å². The standard InChI is InChI=1S/C22H29FN2O/c23-18-12-10-16(11-13-18)14-17-6-4-5-9-20(21(24)15-26)22(17)25-19-7-2-1-3-8-19/h10-13,15,17,19H,1-9,14,24H2/b21-20-,25-22?. The number of nitrogens with zero attached hydrogens (tertiary/aromatic N) is 1. The number of nitrogens with two attached hydrogens (primary N) is 1. The molecule has 2 N–H and O–H groups in total. The van der Waals surface area contributed by atoms with Gasteiger partial charge >= 0.3 is 0 Å². The average molecular weight is 356 g/mol. The van der Waals surface area contributed by atoms with Crippen molar-refractivity contribution >= 4 is 12.0 Å². The van der Waals surface area contributed by atoms with E-state index in [0.29, 0.717) is 11.7 Å². The van der Waals surface area contributed by atoms with E-state index >= 15 is 0 Å². The normalized spacial score (nSPS) is 25.7. The molecular formula is C22H29FN2O. The molecule has 3 nitrogen and oxygen atoms in total. The van der Waals surface area contributed by atoms with Crippen LogP contribution in [0.15, 0.2) is 40.5 Å². The molecule has 1 atom stereocenters. The fourth-order valence-corrected chi connectivity index (χ4v) is 4.26. The van der Waals surface area contributed by atoms with Gasteiger partial charge in [0.15, 0.2) is 6.29 Å². The van der Waals surface area contributed by atoms with Gasteiger partial charge in [-0.3, -0.25) is 9.79 Å². The fourth-order valence-electron chi connectivity index (χ4n) is 4.26. The number of benzene rings is 1. The number of carbonyl (C=O) groups excluding carboxylic acids is 1. The Balaban J connectivity index is 1.93. The lowest BCUT2D eigenvalue weighted by molar-refractivity contribution is -0.105. The van der Waals surface area contributed by atoms with Gasteiger partial charge in [0.2, 0.25) is 0 Å². The first-order valence-electron chi connectivity index (χ1n) is 9.93. The lowest BCUT2D eigenvalue weighted by atomic mass is 9.87. The number of hydrogen-bond donors (Lipinski definition) is 1. The molecule has 1 aromatic carbocycles. The van der Waals surface area contributed by atoms with Crippen LogP contribution in [0.4, 0.5) is 4.39 Å². The Bertz CT molecular complexity index is 672. The maximum atomic E-state index is 13.2. The van der Waals surface area contributed by atoms with Crippen LogP contribution >= 0.6 is 0 Å². The van der Waals surface area contributed by atoms with Crippen LogP contribution in [-0.2, 0) is 11.2 Å². The Morgan fingerprint density at radius 1 is 1.08 bits per heavy atom. The summed E-state index contributed by atoms with van der Waals surface area (Å²) in [7, 11) is 0. The molecule has 0 heterocycles. The second kappa shape index (κ2) is 9.11. The highest BCUT2D eigenvalue weighted by molar-refractivity contribution is 6.05. The average Bonchev–Trinajstić information content (AvgIpc) is 2.86. The van der Waals surface area contributed by atoms with E-state index < -0.39 is 0 Å². The van der Waals surface area contributed by atoms with Crippen molar-refractivity contribution in [2.75, 3.05) is 0 Å². The van der Waals surface area contributed by atoms with Crippen LogP contribution in [0.5, 0.6) is 0 Å². The summed E-state index contributed by atoms with van der Waals surface area (Å²) in [6, 6.07) is 7.08. The second-order valence-corrected chi connectivity index (χ2v) is 7.63. The van der Waals surface area contributed by atoms with E-state index in [1.807, 2.05) is 12.1 Å². The van der Waals surface area contributed by atoms with Crippen LogP contribution in [0.2, 0.25) is 0 Å². The SMILES string of the molecule is N/C(C=O)=C1/CCCCC(Cc2ccc(F)cc2)C1=NC1CCCCC1. The molecule has 1 aromatic rings. The van der Waals surface area contributed by atoms with E-state index in [4.69, 9.17) is 10.7 Å². The highest BCUT2D eigenvalue weighted by Crippen LogP contribution is 2.31.